The molecule has 0 radical (unpaired) electrons. The van der Waals surface area contributed by atoms with Crippen molar-refractivity contribution in [3.63, 3.8) is 0 Å². The largest absolute Gasteiger partial charge is 0.258 e. The van der Waals surface area contributed by atoms with Gasteiger partial charge in [-0.1, -0.05) is 0 Å². The maximum atomic E-state index is 4.23. The summed E-state index contributed by atoms with van der Waals surface area (Å²) in [6.07, 6.45) is 0. The lowest BCUT2D eigenvalue weighted by molar-refractivity contribution is 0.975. The van der Waals surface area contributed by atoms with Crippen LogP contribution >= 0.6 is 0 Å². The monoisotopic (exact) mass is 730 g/mol. The van der Waals surface area contributed by atoms with Crippen LogP contribution in [0.1, 0.15) is 102 Å². The Bertz CT molecular complexity index is 1380. The van der Waals surface area contributed by atoms with Gasteiger partial charge in [-0.05, 0) is 196 Å². The summed E-state index contributed by atoms with van der Waals surface area (Å²) < 4.78 is 0. The Labute approximate surface area is 325 Å². The van der Waals surface area contributed by atoms with Crippen molar-refractivity contribution in [1.82, 2.24) is 44.9 Å². The molecular weight excluding hydrogens is 667 g/mol. The molecule has 6 aromatic rings. The molecule has 0 spiro atoms. The summed E-state index contributed by atoms with van der Waals surface area (Å²) in [6.45, 7) is 35.9. The van der Waals surface area contributed by atoms with E-state index in [0.717, 1.165) is 85.8 Å². The highest BCUT2D eigenvalue weighted by Crippen LogP contribution is 2.04. The molecule has 6 aromatic heterocycles. The number of rotatable bonds is 0. The Morgan fingerprint density at radius 2 is 0.315 bits per heavy atom. The van der Waals surface area contributed by atoms with Gasteiger partial charge in [-0.3, -0.25) is 15.0 Å². The van der Waals surface area contributed by atoms with Crippen LogP contribution in [0.25, 0.3) is 0 Å². The van der Waals surface area contributed by atoms with Gasteiger partial charge in [0, 0.05) is 68.3 Å². The quantitative estimate of drug-likeness (QED) is 0.151. The Kier molecular flexibility index (Phi) is 20.2. The molecule has 0 atom stereocenters. The minimum Gasteiger partial charge on any atom is -0.258 e. The van der Waals surface area contributed by atoms with Crippen molar-refractivity contribution < 1.29 is 0 Å². The predicted molar refractivity (Wildman–Crippen MR) is 224 cm³/mol. The molecule has 0 aliphatic rings. The minimum absolute atomic E-state index is 0.854. The summed E-state index contributed by atoms with van der Waals surface area (Å²) in [5, 5.41) is 0. The highest BCUT2D eigenvalue weighted by atomic mass is 14.9. The van der Waals surface area contributed by atoms with Gasteiger partial charge in [0.1, 0.15) is 17.5 Å². The molecule has 9 nitrogen and oxygen atoms in total. The van der Waals surface area contributed by atoms with Gasteiger partial charge in [0.2, 0.25) is 0 Å². The fourth-order valence-corrected chi connectivity index (χ4v) is 5.84. The van der Waals surface area contributed by atoms with Crippen molar-refractivity contribution >= 4 is 0 Å². The van der Waals surface area contributed by atoms with Gasteiger partial charge >= 0.3 is 0 Å². The number of aromatic nitrogens is 9. The molecule has 6 heterocycles. The number of hydrogen-bond donors (Lipinski definition) is 0. The summed E-state index contributed by atoms with van der Waals surface area (Å²) >= 11 is 0. The molecule has 9 heteroatoms. The minimum atomic E-state index is 0.854. The highest BCUT2D eigenvalue weighted by Gasteiger charge is 1.93. The van der Waals surface area contributed by atoms with Crippen LogP contribution in [0.2, 0.25) is 0 Å². The molecule has 0 amide bonds. The first-order chi connectivity index (χ1) is 25.1. The van der Waals surface area contributed by atoms with E-state index in [1.54, 1.807) is 0 Å². The van der Waals surface area contributed by atoms with Crippen molar-refractivity contribution in [2.45, 2.75) is 125 Å². The van der Waals surface area contributed by atoms with Gasteiger partial charge in [-0.2, -0.15) is 0 Å². The maximum Gasteiger partial charge on any atom is 0.125 e. The van der Waals surface area contributed by atoms with Crippen molar-refractivity contribution in [2.24, 2.45) is 0 Å². The number of aryl methyl sites for hydroxylation is 18. The van der Waals surface area contributed by atoms with Crippen LogP contribution in [-0.4, -0.2) is 44.9 Å². The lowest BCUT2D eigenvalue weighted by Crippen LogP contribution is -1.91. The molecule has 0 saturated carbocycles. The lowest BCUT2D eigenvalue weighted by Gasteiger charge is -1.96. The third-order valence-electron chi connectivity index (χ3n) is 6.96. The zero-order valence-corrected chi connectivity index (χ0v) is 36.2. The van der Waals surface area contributed by atoms with Gasteiger partial charge in [-0.25, -0.2) is 29.9 Å². The fourth-order valence-electron chi connectivity index (χ4n) is 5.84. The molecule has 0 unspecified atom stereocenters. The van der Waals surface area contributed by atoms with E-state index in [9.17, 15) is 0 Å². The lowest BCUT2D eigenvalue weighted by atomic mass is 10.2. The first kappa shape index (κ1) is 46.7. The van der Waals surface area contributed by atoms with E-state index in [-0.39, 0.29) is 0 Å². The van der Waals surface area contributed by atoms with Crippen LogP contribution in [0, 0.1) is 125 Å². The van der Waals surface area contributed by atoms with Crippen molar-refractivity contribution in [2.75, 3.05) is 0 Å². The number of pyridine rings is 3. The SMILES string of the molecule is Cc1cc(C)nc(C)c1.Cc1cc(C)nc(C)c1.Cc1cc(C)nc(C)c1.Cc1cc(C)nc(C)n1.Cc1cc(C)nc(C)n1.Cc1cc(C)nc(C)n1. The Morgan fingerprint density at radius 1 is 0.185 bits per heavy atom. The molecule has 0 N–H and O–H groups in total. The van der Waals surface area contributed by atoms with Gasteiger partial charge in [0.15, 0.2) is 0 Å². The predicted octanol–water partition coefficient (Wildman–Crippen LogP) is 10.2. The second-order valence-corrected chi connectivity index (χ2v) is 13.9. The molecule has 0 fully saturated rings. The molecular formula is C45H63N9. The summed E-state index contributed by atoms with van der Waals surface area (Å²) in [5.74, 6) is 2.56. The topological polar surface area (TPSA) is 116 Å². The van der Waals surface area contributed by atoms with E-state index in [4.69, 9.17) is 0 Å². The third-order valence-corrected chi connectivity index (χ3v) is 6.96. The van der Waals surface area contributed by atoms with Gasteiger partial charge in [0.05, 0.1) is 0 Å². The zero-order valence-electron chi connectivity index (χ0n) is 36.2. The van der Waals surface area contributed by atoms with Crippen molar-refractivity contribution in [1.29, 1.82) is 0 Å². The normalized spacial score (nSPS) is 9.67. The van der Waals surface area contributed by atoms with E-state index < -0.39 is 0 Å². The summed E-state index contributed by atoms with van der Waals surface area (Å²) in [7, 11) is 0. The second kappa shape index (κ2) is 23.4. The average molecular weight is 730 g/mol. The molecule has 0 bridgehead atoms. The van der Waals surface area contributed by atoms with Gasteiger partial charge in [-0.15, -0.1) is 0 Å². The van der Waals surface area contributed by atoms with Crippen LogP contribution < -0.4 is 0 Å². The average Bonchev–Trinajstić information content (AvgIpc) is 2.94. The van der Waals surface area contributed by atoms with Crippen molar-refractivity contribution in [3.8, 4) is 0 Å². The van der Waals surface area contributed by atoms with E-state index in [1.807, 2.05) is 122 Å². The zero-order chi connectivity index (χ0) is 41.1. The highest BCUT2D eigenvalue weighted by molar-refractivity contribution is 5.20. The second-order valence-electron chi connectivity index (χ2n) is 13.9. The summed E-state index contributed by atoms with van der Waals surface area (Å²) in [4.78, 5) is 37.4. The third kappa shape index (κ3) is 21.9. The van der Waals surface area contributed by atoms with Crippen LogP contribution in [-0.2, 0) is 0 Å². The first-order valence-electron chi connectivity index (χ1n) is 18.2. The molecule has 288 valence electrons. The molecule has 6 rings (SSSR count). The standard InChI is InChI=1S/3C8H11N.3C7H10N2/c3*1-6-4-7(2)9-8(3)5-6;3*1-5-4-6(2)9-7(3)8-5/h3*4-5H,1-3H3;3*4H,1-3H3. The Morgan fingerprint density at radius 3 is 0.426 bits per heavy atom. The Balaban J connectivity index is 0.000000324. The smallest absolute Gasteiger partial charge is 0.125 e. The van der Waals surface area contributed by atoms with Gasteiger partial charge in [0.25, 0.3) is 0 Å². The molecule has 0 aromatic carbocycles. The molecule has 0 aliphatic carbocycles. The molecule has 0 aliphatic heterocycles. The van der Waals surface area contributed by atoms with E-state index in [1.165, 1.54) is 16.7 Å². The first-order valence-corrected chi connectivity index (χ1v) is 18.2. The van der Waals surface area contributed by atoms with Crippen LogP contribution in [0.3, 0.4) is 0 Å². The number of hydrogen-bond acceptors (Lipinski definition) is 9. The summed E-state index contributed by atoms with van der Waals surface area (Å²) in [5.41, 5.74) is 16.8. The molecule has 54 heavy (non-hydrogen) atoms. The van der Waals surface area contributed by atoms with E-state index >= 15 is 0 Å². The van der Waals surface area contributed by atoms with Crippen LogP contribution in [0.5, 0.6) is 0 Å². The van der Waals surface area contributed by atoms with Crippen LogP contribution in [0.15, 0.2) is 54.6 Å². The van der Waals surface area contributed by atoms with Crippen LogP contribution in [0.4, 0.5) is 0 Å². The van der Waals surface area contributed by atoms with E-state index in [2.05, 4.69) is 102 Å². The Hall–Kier alpha value is -5.31. The van der Waals surface area contributed by atoms with Gasteiger partial charge < -0.3 is 0 Å². The molecule has 0 saturated heterocycles. The van der Waals surface area contributed by atoms with Crippen molar-refractivity contribution in [3.05, 3.63) is 157 Å². The van der Waals surface area contributed by atoms with E-state index in [0.29, 0.717) is 0 Å². The fraction of sp³-hybridized carbons (Fsp3) is 0.400. The maximum absolute atomic E-state index is 4.23. The number of nitrogens with zero attached hydrogens (tertiary/aromatic N) is 9. The summed E-state index contributed by atoms with van der Waals surface area (Å²) in [6, 6.07) is 18.4.